The molecule has 0 unspecified atom stereocenters. The molecule has 5 aromatic heterocycles. The van der Waals surface area contributed by atoms with Gasteiger partial charge >= 0.3 is 0 Å². The van der Waals surface area contributed by atoms with Crippen molar-refractivity contribution in [2.24, 2.45) is 0 Å². The maximum absolute atomic E-state index is 7.73. The van der Waals surface area contributed by atoms with Gasteiger partial charge in [-0.05, 0) is 277 Å². The van der Waals surface area contributed by atoms with Gasteiger partial charge in [0.05, 0.1) is 58.0 Å². The van der Waals surface area contributed by atoms with Gasteiger partial charge in [0.25, 0.3) is 0 Å². The summed E-state index contributed by atoms with van der Waals surface area (Å²) in [5.74, 6) is 0.701. The van der Waals surface area contributed by atoms with Gasteiger partial charge in [-0.25, -0.2) is 19.7 Å². The molecule has 0 aliphatic rings. The lowest BCUT2D eigenvalue weighted by Gasteiger charge is -2.17. The summed E-state index contributed by atoms with van der Waals surface area (Å²) in [4.78, 5) is 27.5. The van der Waals surface area contributed by atoms with E-state index in [0.717, 1.165) is 155 Å². The standard InChI is InChI=1S/2C59H36N4/c1-60-43-30-32-58-53(34-43)52-33-42(29-31-57(52)63(58)44-19-9-4-10-20-44)38-25-27-39(28-26-38)49-35-50-47-23-13-14-24-48(47)54(36-51(50)46-22-12-11-21-45(46)49)59-61-55(40-15-5-2-6-16-40)37-56(62-59)41-17-7-3-8-18-41;1-60-44-26-28-59-55(35-44)54-34-40(25-27-58(54)63(59)45-13-3-2-4-14-45)38-21-23-39(24-22-38)50-36-52-49-18-8-6-16-47(49)51(37-53(52)48-17-7-5-15-46(48)50)41-31-42(56-19-9-11-29-61-56)33-43(32-41)57-20-10-12-30-62-57/h2*2-37H. The third-order valence-electron chi connectivity index (χ3n) is 24.9. The number of para-hydroxylation sites is 2. The summed E-state index contributed by atoms with van der Waals surface area (Å²) in [6, 6.07) is 150. The third-order valence-corrected chi connectivity index (χ3v) is 24.9. The summed E-state index contributed by atoms with van der Waals surface area (Å²) in [7, 11) is 0. The predicted molar refractivity (Wildman–Crippen MR) is 525 cm³/mol. The molecule has 584 valence electrons. The zero-order chi connectivity index (χ0) is 83.7. The molecule has 0 fully saturated rings. The van der Waals surface area contributed by atoms with E-state index in [-0.39, 0.29) is 0 Å². The van der Waals surface area contributed by atoms with E-state index in [1.165, 1.54) is 70.6 Å². The van der Waals surface area contributed by atoms with Crippen molar-refractivity contribution in [2.45, 2.75) is 0 Å². The number of fused-ring (bicyclic) bond motifs is 16. The Morgan fingerprint density at radius 2 is 0.484 bits per heavy atom. The van der Waals surface area contributed by atoms with Crippen LogP contribution in [0.4, 0.5) is 11.4 Å². The maximum atomic E-state index is 7.73. The van der Waals surface area contributed by atoms with E-state index in [0.29, 0.717) is 17.2 Å². The Morgan fingerprint density at radius 3 is 0.857 bits per heavy atom. The van der Waals surface area contributed by atoms with E-state index in [9.17, 15) is 0 Å². The second-order valence-electron chi connectivity index (χ2n) is 32.1. The fourth-order valence-corrected chi connectivity index (χ4v) is 18.9. The summed E-state index contributed by atoms with van der Waals surface area (Å²) in [5.41, 5.74) is 28.2. The largest absolute Gasteiger partial charge is 0.309 e. The molecule has 0 bridgehead atoms. The average Bonchev–Trinajstić information content (AvgIpc) is 1.14. The molecule has 0 amide bonds. The molecule has 126 heavy (non-hydrogen) atoms. The Hall–Kier alpha value is -17.3. The summed E-state index contributed by atoms with van der Waals surface area (Å²) in [6.07, 6.45) is 3.70. The Labute approximate surface area is 727 Å². The van der Waals surface area contributed by atoms with Crippen LogP contribution in [0.25, 0.3) is 241 Å². The first-order valence-electron chi connectivity index (χ1n) is 42.3. The number of pyridine rings is 2. The number of hydrogen-bond donors (Lipinski definition) is 0. The first-order valence-corrected chi connectivity index (χ1v) is 42.3. The summed E-state index contributed by atoms with van der Waals surface area (Å²) < 4.78 is 4.58. The van der Waals surface area contributed by atoms with E-state index in [1.807, 2.05) is 85.2 Å². The minimum absolute atomic E-state index is 0.638. The summed E-state index contributed by atoms with van der Waals surface area (Å²) in [6.45, 7) is 15.5. The Balaban J connectivity index is 0.000000145. The van der Waals surface area contributed by atoms with Crippen LogP contribution in [-0.4, -0.2) is 29.1 Å². The zero-order valence-corrected chi connectivity index (χ0v) is 68.1. The third kappa shape index (κ3) is 13.0. The molecule has 0 saturated carbocycles. The van der Waals surface area contributed by atoms with E-state index in [4.69, 9.17) is 33.1 Å². The highest BCUT2D eigenvalue weighted by Gasteiger charge is 2.23. The van der Waals surface area contributed by atoms with E-state index >= 15 is 0 Å². The average molecular weight is 1600 g/mol. The van der Waals surface area contributed by atoms with Crippen molar-refractivity contribution in [1.82, 2.24) is 29.1 Å². The molecule has 24 aromatic rings. The van der Waals surface area contributed by atoms with E-state index in [2.05, 4.69) is 371 Å². The highest BCUT2D eigenvalue weighted by atomic mass is 15.0. The molecule has 0 saturated heterocycles. The lowest BCUT2D eigenvalue weighted by Crippen LogP contribution is -1.97. The van der Waals surface area contributed by atoms with E-state index in [1.54, 1.807) is 0 Å². The fraction of sp³-hybridized carbons (Fsp3) is 0. The second-order valence-corrected chi connectivity index (χ2v) is 32.1. The number of aromatic nitrogens is 6. The van der Waals surface area contributed by atoms with Gasteiger partial charge < -0.3 is 9.13 Å². The second kappa shape index (κ2) is 31.1. The molecular weight excluding hydrogens is 1530 g/mol. The van der Waals surface area contributed by atoms with Crippen molar-refractivity contribution in [3.8, 4) is 123 Å². The molecule has 0 atom stereocenters. The predicted octanol–water partition coefficient (Wildman–Crippen LogP) is 31.8. The molecule has 0 aliphatic carbocycles. The first kappa shape index (κ1) is 73.8. The fourth-order valence-electron chi connectivity index (χ4n) is 18.9. The molecule has 19 aromatic carbocycles. The summed E-state index contributed by atoms with van der Waals surface area (Å²) >= 11 is 0. The number of hydrogen-bond acceptors (Lipinski definition) is 4. The van der Waals surface area contributed by atoms with Crippen LogP contribution in [0.1, 0.15) is 0 Å². The molecule has 8 heteroatoms. The van der Waals surface area contributed by atoms with Crippen LogP contribution in [0.5, 0.6) is 0 Å². The van der Waals surface area contributed by atoms with E-state index < -0.39 is 0 Å². The topological polar surface area (TPSA) is 70.1 Å². The number of rotatable bonds is 12. The lowest BCUT2D eigenvalue weighted by atomic mass is 9.86. The van der Waals surface area contributed by atoms with Crippen molar-refractivity contribution in [1.29, 1.82) is 0 Å². The molecule has 8 nitrogen and oxygen atoms in total. The van der Waals surface area contributed by atoms with Crippen LogP contribution in [0.15, 0.2) is 437 Å². The highest BCUT2D eigenvalue weighted by Crippen LogP contribution is 2.48. The SMILES string of the molecule is [C-]#[N+]c1ccc2c(c1)c1cc(-c3ccc(-c4cc5c6ccccc6c(-c6cc(-c7ccccn7)cc(-c7ccccn7)c6)cc5c5ccccc45)cc3)ccc1n2-c1ccccc1.[C-]#[N+]c1ccc2c(c1)c1cc(-c3ccc(-c4cc5c6ccccc6c(-c6nc(-c7ccccc7)cc(-c7ccccc7)n6)cc5c5ccccc45)cc3)ccc1n2-c1ccccc1. The van der Waals surface area contributed by atoms with Crippen LogP contribution in [0, 0.1) is 13.1 Å². The Morgan fingerprint density at radius 1 is 0.183 bits per heavy atom. The van der Waals surface area contributed by atoms with Gasteiger partial charge in [-0.3, -0.25) is 9.97 Å². The van der Waals surface area contributed by atoms with Crippen molar-refractivity contribution in [2.75, 3.05) is 0 Å². The zero-order valence-electron chi connectivity index (χ0n) is 68.1. The molecule has 5 heterocycles. The van der Waals surface area contributed by atoms with Crippen molar-refractivity contribution < 1.29 is 0 Å². The molecule has 24 rings (SSSR count). The van der Waals surface area contributed by atoms with Gasteiger partial charge in [0.1, 0.15) is 0 Å². The smallest absolute Gasteiger partial charge is 0.188 e. The molecule has 0 spiro atoms. The van der Waals surface area contributed by atoms with Crippen molar-refractivity contribution >= 4 is 120 Å². The minimum atomic E-state index is 0.638. The highest BCUT2D eigenvalue weighted by molar-refractivity contribution is 6.26. The normalized spacial score (nSPS) is 11.5. The van der Waals surface area contributed by atoms with Gasteiger partial charge in [-0.1, -0.05) is 279 Å². The van der Waals surface area contributed by atoms with Crippen LogP contribution in [0.2, 0.25) is 0 Å². The molecule has 0 radical (unpaired) electrons. The van der Waals surface area contributed by atoms with Gasteiger partial charge in [0.2, 0.25) is 0 Å². The Bertz CT molecular complexity index is 7930. The molecule has 0 N–H and O–H groups in total. The minimum Gasteiger partial charge on any atom is -0.309 e. The summed E-state index contributed by atoms with van der Waals surface area (Å²) in [5, 5.41) is 18.7. The first-order chi connectivity index (χ1) is 62.4. The van der Waals surface area contributed by atoms with Crippen LogP contribution in [-0.2, 0) is 0 Å². The lowest BCUT2D eigenvalue weighted by molar-refractivity contribution is 1.18. The van der Waals surface area contributed by atoms with Crippen LogP contribution < -0.4 is 0 Å². The molecule has 0 aliphatic heterocycles. The van der Waals surface area contributed by atoms with Crippen LogP contribution in [0.3, 0.4) is 0 Å². The molecular formula is C118H72N8. The number of nitrogens with zero attached hydrogens (tertiary/aromatic N) is 8. The number of benzene rings is 19. The maximum Gasteiger partial charge on any atom is 0.188 e. The van der Waals surface area contributed by atoms with Crippen LogP contribution >= 0.6 is 0 Å². The monoisotopic (exact) mass is 1600 g/mol. The van der Waals surface area contributed by atoms with Gasteiger partial charge in [-0.15, -0.1) is 0 Å². The van der Waals surface area contributed by atoms with Crippen molar-refractivity contribution in [3.63, 3.8) is 0 Å². The van der Waals surface area contributed by atoms with Crippen molar-refractivity contribution in [3.05, 3.63) is 460 Å². The van der Waals surface area contributed by atoms with Gasteiger partial charge in [-0.2, -0.15) is 0 Å². The Kier molecular flexibility index (Phi) is 18.2. The quantitative estimate of drug-likeness (QED) is 0.0903. The van der Waals surface area contributed by atoms with Gasteiger partial charge in [0.15, 0.2) is 17.2 Å². The van der Waals surface area contributed by atoms with Gasteiger partial charge in [0, 0.05) is 62.4 Å².